The van der Waals surface area contributed by atoms with Crippen LogP contribution < -0.4 is 5.73 Å². The van der Waals surface area contributed by atoms with Crippen LogP contribution in [-0.2, 0) is 4.74 Å². The van der Waals surface area contributed by atoms with Gasteiger partial charge in [-0.1, -0.05) is 13.8 Å². The van der Waals surface area contributed by atoms with Crippen molar-refractivity contribution in [1.82, 2.24) is 4.90 Å². The fraction of sp³-hybridized carbons (Fsp3) is 1.00. The van der Waals surface area contributed by atoms with E-state index < -0.39 is 0 Å². The number of nitrogens with two attached hydrogens (primary N) is 1. The maximum absolute atomic E-state index is 6.33. The number of morpholine rings is 1. The summed E-state index contributed by atoms with van der Waals surface area (Å²) in [6.45, 7) is 12.4. The van der Waals surface area contributed by atoms with Gasteiger partial charge in [-0.15, -0.1) is 0 Å². The molecule has 106 valence electrons. The normalized spacial score (nSPS) is 41.8. The van der Waals surface area contributed by atoms with Gasteiger partial charge in [0.15, 0.2) is 0 Å². The minimum atomic E-state index is 0.363. The predicted molar refractivity (Wildman–Crippen MR) is 75.5 cm³/mol. The molecule has 1 aliphatic heterocycles. The van der Waals surface area contributed by atoms with Gasteiger partial charge in [0.25, 0.3) is 0 Å². The van der Waals surface area contributed by atoms with E-state index in [-0.39, 0.29) is 0 Å². The molecule has 3 heteroatoms. The topological polar surface area (TPSA) is 38.5 Å². The predicted octanol–water partition coefficient (Wildman–Crippen LogP) is 2.25. The maximum atomic E-state index is 6.33. The van der Waals surface area contributed by atoms with Crippen molar-refractivity contribution in [2.75, 3.05) is 19.6 Å². The quantitative estimate of drug-likeness (QED) is 0.821. The van der Waals surface area contributed by atoms with Gasteiger partial charge in [0, 0.05) is 25.7 Å². The van der Waals surface area contributed by atoms with E-state index in [1.54, 1.807) is 0 Å². The van der Waals surface area contributed by atoms with Gasteiger partial charge in [-0.25, -0.2) is 0 Å². The van der Waals surface area contributed by atoms with Gasteiger partial charge in [0.05, 0.1) is 12.2 Å². The highest BCUT2D eigenvalue weighted by Crippen LogP contribution is 2.38. The summed E-state index contributed by atoms with van der Waals surface area (Å²) in [6.07, 6.45) is 4.46. The first-order valence-corrected chi connectivity index (χ1v) is 7.49. The molecule has 1 heterocycles. The summed E-state index contributed by atoms with van der Waals surface area (Å²) < 4.78 is 5.80. The molecule has 0 aromatic rings. The average molecular weight is 254 g/mol. The van der Waals surface area contributed by atoms with Crippen LogP contribution in [0, 0.1) is 11.3 Å². The molecule has 0 aromatic heterocycles. The Hall–Kier alpha value is -0.120. The maximum Gasteiger partial charge on any atom is 0.0678 e. The minimum absolute atomic E-state index is 0.363. The zero-order chi connectivity index (χ0) is 13.3. The molecule has 2 aliphatic rings. The SMILES string of the molecule is CC1CN(CC2CC(C)(C)CCC2N)CC(C)O1. The Balaban J connectivity index is 1.91. The second kappa shape index (κ2) is 5.48. The van der Waals surface area contributed by atoms with Crippen molar-refractivity contribution >= 4 is 0 Å². The highest BCUT2D eigenvalue weighted by atomic mass is 16.5. The number of hydrogen-bond acceptors (Lipinski definition) is 3. The molecular weight excluding hydrogens is 224 g/mol. The Bertz CT molecular complexity index is 270. The Morgan fingerprint density at radius 1 is 1.22 bits per heavy atom. The molecular formula is C15H30N2O. The zero-order valence-corrected chi connectivity index (χ0v) is 12.5. The number of rotatable bonds is 2. The van der Waals surface area contributed by atoms with E-state index in [1.165, 1.54) is 19.3 Å². The molecule has 0 spiro atoms. The van der Waals surface area contributed by atoms with Crippen molar-refractivity contribution in [3.05, 3.63) is 0 Å². The first-order valence-electron chi connectivity index (χ1n) is 7.49. The van der Waals surface area contributed by atoms with Gasteiger partial charge in [0.2, 0.25) is 0 Å². The molecule has 18 heavy (non-hydrogen) atoms. The molecule has 3 nitrogen and oxygen atoms in total. The minimum Gasteiger partial charge on any atom is -0.373 e. The summed E-state index contributed by atoms with van der Waals surface area (Å²) in [5, 5.41) is 0. The van der Waals surface area contributed by atoms with Crippen molar-refractivity contribution in [3.8, 4) is 0 Å². The first kappa shape index (κ1) is 14.3. The van der Waals surface area contributed by atoms with Gasteiger partial charge in [0.1, 0.15) is 0 Å². The molecule has 2 N–H and O–H groups in total. The molecule has 1 saturated carbocycles. The molecule has 4 atom stereocenters. The number of nitrogens with zero attached hydrogens (tertiary/aromatic N) is 1. The lowest BCUT2D eigenvalue weighted by Crippen LogP contribution is -2.51. The molecule has 4 unspecified atom stereocenters. The van der Waals surface area contributed by atoms with E-state index in [4.69, 9.17) is 10.5 Å². The third kappa shape index (κ3) is 3.69. The number of hydrogen-bond donors (Lipinski definition) is 1. The van der Waals surface area contributed by atoms with Crippen LogP contribution in [0.2, 0.25) is 0 Å². The largest absolute Gasteiger partial charge is 0.373 e. The lowest BCUT2D eigenvalue weighted by atomic mass is 9.70. The Morgan fingerprint density at radius 2 is 1.83 bits per heavy atom. The molecule has 0 aromatic carbocycles. The third-order valence-corrected chi connectivity index (χ3v) is 4.56. The van der Waals surface area contributed by atoms with Gasteiger partial charge < -0.3 is 10.5 Å². The van der Waals surface area contributed by atoms with E-state index in [0.717, 1.165) is 19.6 Å². The standard InChI is InChI=1S/C15H30N2O/c1-11-8-17(9-12(2)18-11)10-13-7-15(3,4)6-5-14(13)16/h11-14H,5-10,16H2,1-4H3. The molecule has 0 bridgehead atoms. The van der Waals surface area contributed by atoms with Crippen molar-refractivity contribution in [2.24, 2.45) is 17.1 Å². The van der Waals surface area contributed by atoms with Crippen LogP contribution in [0.15, 0.2) is 0 Å². The van der Waals surface area contributed by atoms with Crippen LogP contribution in [0.25, 0.3) is 0 Å². The molecule has 0 radical (unpaired) electrons. The molecule has 1 aliphatic carbocycles. The molecule has 2 fully saturated rings. The van der Waals surface area contributed by atoms with Crippen LogP contribution in [-0.4, -0.2) is 42.8 Å². The smallest absolute Gasteiger partial charge is 0.0678 e. The highest BCUT2D eigenvalue weighted by molar-refractivity contribution is 4.89. The number of ether oxygens (including phenoxy) is 1. The van der Waals surface area contributed by atoms with Gasteiger partial charge in [-0.05, 0) is 44.4 Å². The van der Waals surface area contributed by atoms with Crippen LogP contribution in [0.5, 0.6) is 0 Å². The van der Waals surface area contributed by atoms with E-state index in [9.17, 15) is 0 Å². The lowest BCUT2D eigenvalue weighted by Gasteiger charge is -2.43. The summed E-state index contributed by atoms with van der Waals surface area (Å²) in [4.78, 5) is 2.56. The summed E-state index contributed by atoms with van der Waals surface area (Å²) in [6, 6.07) is 0.395. The average Bonchev–Trinajstić information content (AvgIpc) is 2.22. The Kier molecular flexibility index (Phi) is 4.35. The second-order valence-electron chi connectivity index (χ2n) is 7.31. The monoisotopic (exact) mass is 254 g/mol. The molecule has 2 rings (SSSR count). The fourth-order valence-corrected chi connectivity index (χ4v) is 3.72. The van der Waals surface area contributed by atoms with Crippen LogP contribution in [0.4, 0.5) is 0 Å². The van der Waals surface area contributed by atoms with Crippen molar-refractivity contribution in [2.45, 2.75) is 65.2 Å². The van der Waals surface area contributed by atoms with Crippen molar-refractivity contribution in [1.29, 1.82) is 0 Å². The van der Waals surface area contributed by atoms with E-state index in [2.05, 4.69) is 32.6 Å². The summed E-state index contributed by atoms with van der Waals surface area (Å²) in [5.74, 6) is 0.659. The van der Waals surface area contributed by atoms with E-state index >= 15 is 0 Å². The van der Waals surface area contributed by atoms with Crippen LogP contribution in [0.3, 0.4) is 0 Å². The zero-order valence-electron chi connectivity index (χ0n) is 12.5. The highest BCUT2D eigenvalue weighted by Gasteiger charge is 2.35. The molecule has 0 amide bonds. The van der Waals surface area contributed by atoms with Gasteiger partial charge >= 0.3 is 0 Å². The molecule has 1 saturated heterocycles. The lowest BCUT2D eigenvalue weighted by molar-refractivity contribution is -0.0748. The fourth-order valence-electron chi connectivity index (χ4n) is 3.72. The van der Waals surface area contributed by atoms with Gasteiger partial charge in [-0.2, -0.15) is 0 Å². The second-order valence-corrected chi connectivity index (χ2v) is 7.31. The summed E-state index contributed by atoms with van der Waals surface area (Å²) in [7, 11) is 0. The Labute approximate surface area is 112 Å². The van der Waals surface area contributed by atoms with Gasteiger partial charge in [-0.3, -0.25) is 4.90 Å². The van der Waals surface area contributed by atoms with Crippen molar-refractivity contribution < 1.29 is 4.74 Å². The Morgan fingerprint density at radius 3 is 2.44 bits per heavy atom. The third-order valence-electron chi connectivity index (χ3n) is 4.56. The van der Waals surface area contributed by atoms with Crippen molar-refractivity contribution in [3.63, 3.8) is 0 Å². The van der Waals surface area contributed by atoms with Crippen LogP contribution in [0.1, 0.15) is 47.0 Å². The first-order chi connectivity index (χ1) is 8.35. The summed E-state index contributed by atoms with van der Waals surface area (Å²) in [5.41, 5.74) is 6.80. The van der Waals surface area contributed by atoms with E-state index in [1.807, 2.05) is 0 Å². The van der Waals surface area contributed by atoms with E-state index in [0.29, 0.717) is 29.6 Å². The summed E-state index contributed by atoms with van der Waals surface area (Å²) >= 11 is 0. The van der Waals surface area contributed by atoms with Crippen LogP contribution >= 0.6 is 0 Å².